The van der Waals surface area contributed by atoms with Crippen molar-refractivity contribution in [1.29, 1.82) is 0 Å². The Morgan fingerprint density at radius 1 is 0.833 bits per heavy atom. The molecule has 0 aliphatic heterocycles. The number of carbonyl (C=O) groups excluding carboxylic acids is 1. The number of carbonyl (C=O) groups is 1. The van der Waals surface area contributed by atoms with Gasteiger partial charge >= 0.3 is 0 Å². The Balaban J connectivity index is 1.36. The summed E-state index contributed by atoms with van der Waals surface area (Å²) in [5.41, 5.74) is 5.57. The summed E-state index contributed by atoms with van der Waals surface area (Å²) in [7, 11) is 0. The molecule has 0 saturated carbocycles. The molecule has 1 amide bonds. The molecule has 0 spiro atoms. The summed E-state index contributed by atoms with van der Waals surface area (Å²) in [6.45, 7) is 2.56. The molecule has 0 unspecified atom stereocenters. The maximum absolute atomic E-state index is 12.3. The molecule has 3 aromatic carbocycles. The van der Waals surface area contributed by atoms with Crippen LogP contribution in [0.2, 0.25) is 0 Å². The predicted molar refractivity (Wildman–Crippen MR) is 120 cm³/mol. The molecule has 5 heteroatoms. The van der Waals surface area contributed by atoms with E-state index in [-0.39, 0.29) is 5.91 Å². The molecule has 0 saturated heterocycles. The van der Waals surface area contributed by atoms with Crippen LogP contribution in [-0.4, -0.2) is 16.1 Å². The number of benzene rings is 3. The predicted octanol–water partition coefficient (Wildman–Crippen LogP) is 5.13. The number of anilines is 2. The lowest BCUT2D eigenvalue weighted by Crippen LogP contribution is -2.22. The van der Waals surface area contributed by atoms with E-state index in [4.69, 9.17) is 0 Å². The van der Waals surface area contributed by atoms with E-state index in [2.05, 4.69) is 39.9 Å². The Morgan fingerprint density at radius 3 is 2.33 bits per heavy atom. The maximum atomic E-state index is 12.3. The van der Waals surface area contributed by atoms with Crippen LogP contribution in [0.3, 0.4) is 0 Å². The van der Waals surface area contributed by atoms with Crippen molar-refractivity contribution in [2.45, 2.75) is 13.5 Å². The minimum Gasteiger partial charge on any atom is -0.348 e. The zero-order chi connectivity index (χ0) is 20.8. The largest absolute Gasteiger partial charge is 0.348 e. The Kier molecular flexibility index (Phi) is 5.80. The Labute approximate surface area is 175 Å². The fourth-order valence-corrected chi connectivity index (χ4v) is 3.09. The standard InChI is InChI=1S/C25H22N4O/c1-18-6-5-9-21(16-18)23-14-15-24(29-28-23)27-22-12-10-20(11-13-22)25(30)26-17-19-7-3-2-4-8-19/h2-16H,17H2,1H3,(H,26,30)(H,27,29). The highest BCUT2D eigenvalue weighted by molar-refractivity contribution is 5.94. The minimum atomic E-state index is -0.104. The van der Waals surface area contributed by atoms with Gasteiger partial charge in [0, 0.05) is 23.4 Å². The molecular formula is C25H22N4O. The summed E-state index contributed by atoms with van der Waals surface area (Å²) < 4.78 is 0. The summed E-state index contributed by atoms with van der Waals surface area (Å²) in [6, 6.07) is 29.1. The van der Waals surface area contributed by atoms with Gasteiger partial charge in [0.25, 0.3) is 5.91 Å². The summed E-state index contributed by atoms with van der Waals surface area (Å²) in [4.78, 5) is 12.3. The van der Waals surface area contributed by atoms with Gasteiger partial charge in [0.05, 0.1) is 5.69 Å². The van der Waals surface area contributed by atoms with E-state index in [0.29, 0.717) is 17.9 Å². The first-order valence-electron chi connectivity index (χ1n) is 9.77. The quantitative estimate of drug-likeness (QED) is 0.476. The highest BCUT2D eigenvalue weighted by Gasteiger charge is 2.06. The molecule has 1 aromatic heterocycles. The van der Waals surface area contributed by atoms with Gasteiger partial charge in [-0.25, -0.2) is 0 Å². The molecule has 4 aromatic rings. The summed E-state index contributed by atoms with van der Waals surface area (Å²) in [5.74, 6) is 0.542. The Bertz CT molecular complexity index is 1120. The van der Waals surface area contributed by atoms with Crippen molar-refractivity contribution in [2.24, 2.45) is 0 Å². The van der Waals surface area contributed by atoms with E-state index in [9.17, 15) is 4.79 Å². The first-order valence-corrected chi connectivity index (χ1v) is 9.77. The maximum Gasteiger partial charge on any atom is 0.251 e. The van der Waals surface area contributed by atoms with Crippen LogP contribution in [0, 0.1) is 6.92 Å². The first-order chi connectivity index (χ1) is 14.7. The highest BCUT2D eigenvalue weighted by Crippen LogP contribution is 2.20. The normalized spacial score (nSPS) is 10.4. The zero-order valence-corrected chi connectivity index (χ0v) is 16.7. The lowest BCUT2D eigenvalue weighted by molar-refractivity contribution is 0.0951. The Morgan fingerprint density at radius 2 is 1.63 bits per heavy atom. The van der Waals surface area contributed by atoms with E-state index in [1.54, 1.807) is 12.1 Å². The molecule has 0 aliphatic carbocycles. The van der Waals surface area contributed by atoms with Gasteiger partial charge in [-0.3, -0.25) is 4.79 Å². The fraction of sp³-hybridized carbons (Fsp3) is 0.0800. The van der Waals surface area contributed by atoms with Gasteiger partial charge in [-0.1, -0.05) is 54.1 Å². The van der Waals surface area contributed by atoms with Crippen molar-refractivity contribution in [3.05, 3.63) is 108 Å². The molecule has 2 N–H and O–H groups in total. The number of rotatable bonds is 6. The molecule has 4 rings (SSSR count). The Hall–Kier alpha value is -3.99. The van der Waals surface area contributed by atoms with E-state index >= 15 is 0 Å². The molecule has 0 fully saturated rings. The van der Waals surface area contributed by atoms with Gasteiger partial charge in [0.15, 0.2) is 5.82 Å². The molecular weight excluding hydrogens is 372 g/mol. The molecule has 0 bridgehead atoms. The zero-order valence-electron chi connectivity index (χ0n) is 16.7. The topological polar surface area (TPSA) is 66.9 Å². The number of nitrogens with one attached hydrogen (secondary N) is 2. The lowest BCUT2D eigenvalue weighted by atomic mass is 10.1. The number of amides is 1. The van der Waals surface area contributed by atoms with Gasteiger partial charge in [-0.15, -0.1) is 10.2 Å². The molecule has 0 aliphatic rings. The fourth-order valence-electron chi connectivity index (χ4n) is 3.09. The summed E-state index contributed by atoms with van der Waals surface area (Å²) in [5, 5.41) is 14.7. The summed E-state index contributed by atoms with van der Waals surface area (Å²) in [6.07, 6.45) is 0. The van der Waals surface area contributed by atoms with Crippen molar-refractivity contribution in [1.82, 2.24) is 15.5 Å². The summed E-state index contributed by atoms with van der Waals surface area (Å²) >= 11 is 0. The number of hydrogen-bond donors (Lipinski definition) is 2. The van der Waals surface area contributed by atoms with Crippen LogP contribution in [0.5, 0.6) is 0 Å². The van der Waals surface area contributed by atoms with E-state index in [1.165, 1.54) is 5.56 Å². The van der Waals surface area contributed by atoms with Gasteiger partial charge < -0.3 is 10.6 Å². The number of nitrogens with zero attached hydrogens (tertiary/aromatic N) is 2. The van der Waals surface area contributed by atoms with Crippen molar-refractivity contribution in [3.8, 4) is 11.3 Å². The van der Waals surface area contributed by atoms with Gasteiger partial charge in [-0.05, 0) is 55.0 Å². The smallest absolute Gasteiger partial charge is 0.251 e. The van der Waals surface area contributed by atoms with Gasteiger partial charge in [0.2, 0.25) is 0 Å². The van der Waals surface area contributed by atoms with Crippen LogP contribution in [-0.2, 0) is 6.54 Å². The second-order valence-electron chi connectivity index (χ2n) is 7.04. The van der Waals surface area contributed by atoms with Crippen molar-refractivity contribution < 1.29 is 4.79 Å². The highest BCUT2D eigenvalue weighted by atomic mass is 16.1. The van der Waals surface area contributed by atoms with Crippen molar-refractivity contribution >= 4 is 17.4 Å². The molecule has 0 atom stereocenters. The van der Waals surface area contributed by atoms with Crippen molar-refractivity contribution in [3.63, 3.8) is 0 Å². The average molecular weight is 394 g/mol. The van der Waals surface area contributed by atoms with Crippen molar-refractivity contribution in [2.75, 3.05) is 5.32 Å². The van der Waals surface area contributed by atoms with Crippen LogP contribution >= 0.6 is 0 Å². The van der Waals surface area contributed by atoms with E-state index in [1.807, 2.05) is 66.7 Å². The monoisotopic (exact) mass is 394 g/mol. The molecule has 1 heterocycles. The van der Waals surface area contributed by atoms with E-state index < -0.39 is 0 Å². The first kappa shape index (κ1) is 19.3. The van der Waals surface area contributed by atoms with E-state index in [0.717, 1.165) is 22.5 Å². The third-order valence-corrected chi connectivity index (χ3v) is 4.69. The number of aromatic nitrogens is 2. The SMILES string of the molecule is Cc1cccc(-c2ccc(Nc3ccc(C(=O)NCc4ccccc4)cc3)nn2)c1. The third-order valence-electron chi connectivity index (χ3n) is 4.69. The van der Waals surface area contributed by atoms with Crippen LogP contribution in [0.1, 0.15) is 21.5 Å². The minimum absolute atomic E-state index is 0.104. The van der Waals surface area contributed by atoms with Crippen LogP contribution in [0.15, 0.2) is 91.0 Å². The van der Waals surface area contributed by atoms with Crippen LogP contribution in [0.4, 0.5) is 11.5 Å². The molecule has 148 valence electrons. The second-order valence-corrected chi connectivity index (χ2v) is 7.04. The van der Waals surface area contributed by atoms with Crippen LogP contribution < -0.4 is 10.6 Å². The molecule has 0 radical (unpaired) electrons. The van der Waals surface area contributed by atoms with Gasteiger partial charge in [0.1, 0.15) is 0 Å². The molecule has 30 heavy (non-hydrogen) atoms. The second kappa shape index (κ2) is 9.01. The lowest BCUT2D eigenvalue weighted by Gasteiger charge is -2.08. The number of aryl methyl sites for hydroxylation is 1. The third kappa shape index (κ3) is 4.89. The van der Waals surface area contributed by atoms with Gasteiger partial charge in [-0.2, -0.15) is 0 Å². The average Bonchev–Trinajstić information content (AvgIpc) is 2.79. The van der Waals surface area contributed by atoms with Crippen LogP contribution in [0.25, 0.3) is 11.3 Å². The number of hydrogen-bond acceptors (Lipinski definition) is 4. The molecule has 5 nitrogen and oxygen atoms in total.